The number of hydrogen-bond donors (Lipinski definition) is 3. The summed E-state index contributed by atoms with van der Waals surface area (Å²) in [5, 5.41) is 13.2. The van der Waals surface area contributed by atoms with Crippen LogP contribution < -0.4 is 11.1 Å². The fourth-order valence-corrected chi connectivity index (χ4v) is 3.14. The van der Waals surface area contributed by atoms with Gasteiger partial charge >= 0.3 is 0 Å². The minimum absolute atomic E-state index is 0.173. The third-order valence-electron chi connectivity index (χ3n) is 4.78. The molecule has 1 aromatic rings. The number of amides is 1. The monoisotopic (exact) mass is 353 g/mol. The van der Waals surface area contributed by atoms with Crippen molar-refractivity contribution in [3.05, 3.63) is 23.5 Å². The molecule has 2 rings (SSSR count). The molecule has 1 amide bonds. The number of carbonyl (C=O) groups excluding carboxylic acids is 1. The minimum atomic E-state index is -1.55. The number of aromatic nitrogens is 1. The zero-order valence-electron chi connectivity index (χ0n) is 15.1. The molecule has 0 bridgehead atoms. The minimum Gasteiger partial charge on any atom is -0.387 e. The zero-order valence-corrected chi connectivity index (χ0v) is 15.1. The summed E-state index contributed by atoms with van der Waals surface area (Å²) < 4.78 is 19.6. The summed E-state index contributed by atoms with van der Waals surface area (Å²) in [5.41, 5.74) is 5.04. The SMILES string of the molecule is COC1CCC(Nc2ccnc(C[C@@H](F)C(C)(C)O)c2C(N)=O)CC1. The lowest BCUT2D eigenvalue weighted by Gasteiger charge is -2.29. The molecule has 1 aliphatic rings. The van der Waals surface area contributed by atoms with Crippen LogP contribution in [0.15, 0.2) is 12.3 Å². The van der Waals surface area contributed by atoms with Crippen molar-refractivity contribution in [3.63, 3.8) is 0 Å². The van der Waals surface area contributed by atoms with Gasteiger partial charge in [-0.05, 0) is 45.6 Å². The second-order valence-electron chi connectivity index (χ2n) is 7.22. The number of rotatable bonds is 7. The molecule has 1 aliphatic carbocycles. The molecule has 140 valence electrons. The van der Waals surface area contributed by atoms with Crippen LogP contribution in [0.5, 0.6) is 0 Å². The van der Waals surface area contributed by atoms with Gasteiger partial charge in [0.05, 0.1) is 28.6 Å². The molecule has 0 saturated heterocycles. The molecule has 0 unspecified atom stereocenters. The molecule has 1 atom stereocenters. The fourth-order valence-electron chi connectivity index (χ4n) is 3.14. The van der Waals surface area contributed by atoms with E-state index in [1.807, 2.05) is 0 Å². The summed E-state index contributed by atoms with van der Waals surface area (Å²) in [6.45, 7) is 2.77. The van der Waals surface area contributed by atoms with Crippen molar-refractivity contribution >= 4 is 11.6 Å². The Hall–Kier alpha value is -1.73. The number of nitrogens with one attached hydrogen (secondary N) is 1. The number of nitrogens with two attached hydrogens (primary N) is 1. The molecule has 0 aromatic carbocycles. The first-order valence-corrected chi connectivity index (χ1v) is 8.65. The number of carbonyl (C=O) groups is 1. The standard InChI is InChI=1S/C18H28FN3O3/c1-18(2,24)15(19)10-14-16(17(20)23)13(8-9-21-14)22-11-4-6-12(25-3)7-5-11/h8-9,11-12,15,24H,4-7,10H2,1-3H3,(H2,20,23)(H,21,22)/t11?,12?,15-/m1/s1. The first-order valence-electron chi connectivity index (χ1n) is 8.65. The Morgan fingerprint density at radius 3 is 2.64 bits per heavy atom. The Labute approximate surface area is 148 Å². The number of hydrogen-bond acceptors (Lipinski definition) is 5. The number of methoxy groups -OCH3 is 1. The van der Waals surface area contributed by atoms with E-state index in [1.165, 1.54) is 20.0 Å². The summed E-state index contributed by atoms with van der Waals surface area (Å²) in [5.74, 6) is -0.654. The molecular weight excluding hydrogens is 325 g/mol. The van der Waals surface area contributed by atoms with Crippen LogP contribution in [0.3, 0.4) is 0 Å². The van der Waals surface area contributed by atoms with Crippen molar-refractivity contribution in [1.29, 1.82) is 0 Å². The lowest BCUT2D eigenvalue weighted by Crippen LogP contribution is -2.35. The summed E-state index contributed by atoms with van der Waals surface area (Å²) >= 11 is 0. The van der Waals surface area contributed by atoms with Crippen molar-refractivity contribution in [1.82, 2.24) is 4.98 Å². The molecule has 4 N–H and O–H groups in total. The van der Waals surface area contributed by atoms with E-state index in [9.17, 15) is 14.3 Å². The molecule has 0 aliphatic heterocycles. The van der Waals surface area contributed by atoms with Crippen LogP contribution >= 0.6 is 0 Å². The average Bonchev–Trinajstić information content (AvgIpc) is 2.54. The second-order valence-corrected chi connectivity index (χ2v) is 7.22. The van der Waals surface area contributed by atoms with Crippen molar-refractivity contribution in [3.8, 4) is 0 Å². The third kappa shape index (κ3) is 5.12. The van der Waals surface area contributed by atoms with E-state index in [2.05, 4.69) is 10.3 Å². The van der Waals surface area contributed by atoms with Crippen LogP contribution in [0.2, 0.25) is 0 Å². The van der Waals surface area contributed by atoms with Crippen LogP contribution in [0.25, 0.3) is 0 Å². The predicted octanol–water partition coefficient (Wildman–Crippen LogP) is 2.20. The number of primary amides is 1. The summed E-state index contributed by atoms with van der Waals surface area (Å²) in [6, 6.07) is 1.89. The van der Waals surface area contributed by atoms with Gasteiger partial charge < -0.3 is 20.9 Å². The first kappa shape index (κ1) is 19.6. The molecule has 0 spiro atoms. The molecule has 1 heterocycles. The number of alkyl halides is 1. The normalized spacial score (nSPS) is 22.4. The number of halogens is 1. The molecule has 25 heavy (non-hydrogen) atoms. The molecule has 1 aromatic heterocycles. The largest absolute Gasteiger partial charge is 0.387 e. The fraction of sp³-hybridized carbons (Fsp3) is 0.667. The Morgan fingerprint density at radius 2 is 2.12 bits per heavy atom. The second kappa shape index (κ2) is 8.10. The maximum atomic E-state index is 14.2. The zero-order chi connectivity index (χ0) is 18.6. The highest BCUT2D eigenvalue weighted by Crippen LogP contribution is 2.27. The van der Waals surface area contributed by atoms with Crippen molar-refractivity contribution < 1.29 is 19.0 Å². The first-order chi connectivity index (χ1) is 11.7. The molecule has 1 fully saturated rings. The van der Waals surface area contributed by atoms with Crippen LogP contribution in [-0.2, 0) is 11.2 Å². The van der Waals surface area contributed by atoms with Gasteiger partial charge in [0.2, 0.25) is 0 Å². The highest BCUT2D eigenvalue weighted by molar-refractivity contribution is 5.99. The third-order valence-corrected chi connectivity index (χ3v) is 4.78. The number of ether oxygens (including phenoxy) is 1. The smallest absolute Gasteiger partial charge is 0.252 e. The van der Waals surface area contributed by atoms with E-state index >= 15 is 0 Å². The maximum Gasteiger partial charge on any atom is 0.252 e. The van der Waals surface area contributed by atoms with Gasteiger partial charge in [0.1, 0.15) is 6.17 Å². The van der Waals surface area contributed by atoms with Crippen molar-refractivity contribution in [2.45, 2.75) is 69.9 Å². The van der Waals surface area contributed by atoms with Gasteiger partial charge in [-0.2, -0.15) is 0 Å². The van der Waals surface area contributed by atoms with Crippen molar-refractivity contribution in [2.75, 3.05) is 12.4 Å². The Morgan fingerprint density at radius 1 is 1.48 bits per heavy atom. The van der Waals surface area contributed by atoms with Gasteiger partial charge in [-0.3, -0.25) is 9.78 Å². The Bertz CT molecular complexity index is 596. The van der Waals surface area contributed by atoms with E-state index in [0.29, 0.717) is 5.69 Å². The lowest BCUT2D eigenvalue weighted by molar-refractivity contribution is -0.00307. The highest BCUT2D eigenvalue weighted by atomic mass is 19.1. The topological polar surface area (TPSA) is 97.5 Å². The molecule has 1 saturated carbocycles. The molecule has 0 radical (unpaired) electrons. The van der Waals surface area contributed by atoms with Crippen LogP contribution in [0, 0.1) is 0 Å². The van der Waals surface area contributed by atoms with Gasteiger partial charge in [0.25, 0.3) is 5.91 Å². The summed E-state index contributed by atoms with van der Waals surface area (Å²) in [6.07, 6.45) is 3.82. The van der Waals surface area contributed by atoms with Gasteiger partial charge in [0.15, 0.2) is 0 Å². The molecule has 7 heteroatoms. The van der Waals surface area contributed by atoms with E-state index in [-0.39, 0.29) is 29.8 Å². The number of aliphatic hydroxyl groups is 1. The number of anilines is 1. The predicted molar refractivity (Wildman–Crippen MR) is 94.3 cm³/mol. The van der Waals surface area contributed by atoms with Gasteiger partial charge in [-0.15, -0.1) is 0 Å². The van der Waals surface area contributed by atoms with Gasteiger partial charge in [-0.25, -0.2) is 4.39 Å². The van der Waals surface area contributed by atoms with Gasteiger partial charge in [0, 0.05) is 25.8 Å². The van der Waals surface area contributed by atoms with Crippen LogP contribution in [-0.4, -0.2) is 47.0 Å². The highest BCUT2D eigenvalue weighted by Gasteiger charge is 2.30. The maximum absolute atomic E-state index is 14.2. The molecule has 6 nitrogen and oxygen atoms in total. The van der Waals surface area contributed by atoms with E-state index < -0.39 is 17.7 Å². The summed E-state index contributed by atoms with van der Waals surface area (Å²) in [4.78, 5) is 16.1. The van der Waals surface area contributed by atoms with Crippen LogP contribution in [0.1, 0.15) is 55.6 Å². The van der Waals surface area contributed by atoms with E-state index in [4.69, 9.17) is 10.5 Å². The Kier molecular flexibility index (Phi) is 6.35. The number of nitrogens with zero attached hydrogens (tertiary/aromatic N) is 1. The lowest BCUT2D eigenvalue weighted by atomic mass is 9.92. The van der Waals surface area contributed by atoms with Crippen molar-refractivity contribution in [2.24, 2.45) is 5.73 Å². The average molecular weight is 353 g/mol. The van der Waals surface area contributed by atoms with Crippen LogP contribution in [0.4, 0.5) is 10.1 Å². The quantitative estimate of drug-likeness (QED) is 0.698. The summed E-state index contributed by atoms with van der Waals surface area (Å²) in [7, 11) is 1.72. The number of pyridine rings is 1. The Balaban J connectivity index is 2.18. The molecular formula is C18H28FN3O3. The van der Waals surface area contributed by atoms with E-state index in [1.54, 1.807) is 13.2 Å². The van der Waals surface area contributed by atoms with E-state index in [0.717, 1.165) is 25.7 Å². The van der Waals surface area contributed by atoms with Gasteiger partial charge in [-0.1, -0.05) is 0 Å².